The lowest BCUT2D eigenvalue weighted by molar-refractivity contribution is 0.619. The Morgan fingerprint density at radius 2 is 0.706 bits per heavy atom. The Balaban J connectivity index is 0.738. The van der Waals surface area contributed by atoms with E-state index in [1.165, 1.54) is 21.5 Å². The van der Waals surface area contributed by atoms with Crippen LogP contribution in [0.5, 0.6) is 0 Å². The minimum Gasteiger partial charge on any atom is -0.436 e. The molecule has 0 aliphatic rings. The van der Waals surface area contributed by atoms with Crippen molar-refractivity contribution in [2.24, 2.45) is 0 Å². The molecule has 6 aromatic heterocycles. The molecular formula is C60H36N6O2. The number of pyridine rings is 2. The van der Waals surface area contributed by atoms with Crippen LogP contribution in [0.2, 0.25) is 0 Å². The molecule has 0 aliphatic heterocycles. The van der Waals surface area contributed by atoms with Crippen LogP contribution in [0, 0.1) is 0 Å². The van der Waals surface area contributed by atoms with Crippen LogP contribution < -0.4 is 0 Å². The minimum absolute atomic E-state index is 0.571. The summed E-state index contributed by atoms with van der Waals surface area (Å²) in [6, 6.07) is 71.4. The van der Waals surface area contributed by atoms with Crippen molar-refractivity contribution >= 4 is 65.8 Å². The molecule has 6 heterocycles. The SMILES string of the molecule is c1ccc(-c2ccc3c(c2)c2ccccc2n3-c2ccc(-c3nc4cc(-c5ccc6oc(-c7ccc(-n8c9ccccc9c9cc(-c%10ccccn%10)ccc98)cc7)nc6c5)ccc4o3)cc2)nc1. The normalized spacial score (nSPS) is 11.8. The van der Waals surface area contributed by atoms with Crippen molar-refractivity contribution in [3.05, 3.63) is 219 Å². The van der Waals surface area contributed by atoms with Crippen LogP contribution in [0.15, 0.2) is 227 Å². The first-order chi connectivity index (χ1) is 33.7. The number of oxazole rings is 2. The third kappa shape index (κ3) is 6.16. The fraction of sp³-hybridized carbons (Fsp3) is 0. The lowest BCUT2D eigenvalue weighted by Gasteiger charge is -2.09. The Morgan fingerprint density at radius 1 is 0.309 bits per heavy atom. The fourth-order valence-electron chi connectivity index (χ4n) is 9.85. The van der Waals surface area contributed by atoms with Gasteiger partial charge in [0.2, 0.25) is 11.8 Å². The summed E-state index contributed by atoms with van der Waals surface area (Å²) >= 11 is 0. The lowest BCUT2D eigenvalue weighted by Crippen LogP contribution is -1.93. The number of hydrogen-bond donors (Lipinski definition) is 0. The number of para-hydroxylation sites is 2. The zero-order valence-corrected chi connectivity index (χ0v) is 36.3. The molecule has 0 atom stereocenters. The second kappa shape index (κ2) is 15.1. The van der Waals surface area contributed by atoms with Crippen molar-refractivity contribution in [3.8, 4) is 67.9 Å². The number of hydrogen-bond acceptors (Lipinski definition) is 6. The van der Waals surface area contributed by atoms with Gasteiger partial charge >= 0.3 is 0 Å². The molecule has 0 saturated heterocycles. The summed E-state index contributed by atoms with van der Waals surface area (Å²) in [7, 11) is 0. The van der Waals surface area contributed by atoms with Crippen LogP contribution in [0.1, 0.15) is 0 Å². The molecule has 0 saturated carbocycles. The molecular weight excluding hydrogens is 837 g/mol. The Bertz CT molecular complexity index is 3970. The standard InChI is InChI=1S/C60H36N6O2/c1-3-13-53-45(9-1)47-33-41(49-11-5-7-31-61-49)19-27-55(47)65(53)43-23-15-37(16-24-43)59-63-51-35-39(21-29-57(51)67-59)40-22-30-58-52(36-40)64-60(68-58)38-17-25-44(26-18-38)66-54-14-4-2-10-46(54)48-34-42(20-28-56(48)66)50-12-6-8-32-62-50/h1-36H. The molecule has 14 aromatic rings. The van der Waals surface area contributed by atoms with Gasteiger partial charge in [-0.25, -0.2) is 9.97 Å². The highest BCUT2D eigenvalue weighted by molar-refractivity contribution is 6.11. The van der Waals surface area contributed by atoms with E-state index in [0.29, 0.717) is 11.8 Å². The van der Waals surface area contributed by atoms with Crippen LogP contribution >= 0.6 is 0 Å². The minimum atomic E-state index is 0.571. The summed E-state index contributed by atoms with van der Waals surface area (Å²) < 4.78 is 17.3. The average molecular weight is 873 g/mol. The van der Waals surface area contributed by atoms with Gasteiger partial charge < -0.3 is 18.0 Å². The zero-order chi connectivity index (χ0) is 44.7. The maximum atomic E-state index is 6.33. The van der Waals surface area contributed by atoms with Gasteiger partial charge in [0.15, 0.2) is 11.2 Å². The predicted octanol–water partition coefficient (Wildman–Crippen LogP) is 15.3. The van der Waals surface area contributed by atoms with E-state index in [2.05, 4.69) is 177 Å². The van der Waals surface area contributed by atoms with Crippen LogP contribution in [0.3, 0.4) is 0 Å². The smallest absolute Gasteiger partial charge is 0.227 e. The molecule has 0 fully saturated rings. The average Bonchev–Trinajstić information content (AvgIpc) is 4.19. The van der Waals surface area contributed by atoms with Crippen LogP contribution in [-0.2, 0) is 0 Å². The number of benzene rings is 8. The summed E-state index contributed by atoms with van der Waals surface area (Å²) in [6.45, 7) is 0. The topological polar surface area (TPSA) is 87.7 Å². The molecule has 0 unspecified atom stereocenters. The third-order valence-electron chi connectivity index (χ3n) is 13.1. The van der Waals surface area contributed by atoms with Crippen LogP contribution in [0.4, 0.5) is 0 Å². The number of rotatable bonds is 7. The number of fused-ring (bicyclic) bond motifs is 8. The van der Waals surface area contributed by atoms with Crippen molar-refractivity contribution in [2.75, 3.05) is 0 Å². The quantitative estimate of drug-likeness (QED) is 0.158. The molecule has 8 nitrogen and oxygen atoms in total. The maximum Gasteiger partial charge on any atom is 0.227 e. The predicted molar refractivity (Wildman–Crippen MR) is 273 cm³/mol. The summed E-state index contributed by atoms with van der Waals surface area (Å²) in [6.07, 6.45) is 3.67. The van der Waals surface area contributed by atoms with Gasteiger partial charge in [0.1, 0.15) is 11.0 Å². The number of nitrogens with zero attached hydrogens (tertiary/aromatic N) is 6. The van der Waals surface area contributed by atoms with Crippen molar-refractivity contribution < 1.29 is 8.83 Å². The fourth-order valence-corrected chi connectivity index (χ4v) is 9.85. The molecule has 8 heteroatoms. The molecule has 0 bridgehead atoms. The second-order valence-electron chi connectivity index (χ2n) is 17.1. The maximum absolute atomic E-state index is 6.33. The van der Waals surface area contributed by atoms with E-state index in [4.69, 9.17) is 18.8 Å². The third-order valence-corrected chi connectivity index (χ3v) is 13.1. The van der Waals surface area contributed by atoms with Gasteiger partial charge in [-0.15, -0.1) is 0 Å². The molecule has 0 aliphatic carbocycles. The molecule has 68 heavy (non-hydrogen) atoms. The van der Waals surface area contributed by atoms with Gasteiger partial charge in [-0.05, 0) is 145 Å². The highest BCUT2D eigenvalue weighted by Crippen LogP contribution is 2.38. The Hall–Kier alpha value is -9.40. The van der Waals surface area contributed by atoms with Gasteiger partial charge in [0, 0.05) is 67.6 Å². The van der Waals surface area contributed by atoms with Crippen LogP contribution in [-0.4, -0.2) is 29.1 Å². The Morgan fingerprint density at radius 3 is 1.15 bits per heavy atom. The summed E-state index contributed by atoms with van der Waals surface area (Å²) in [5, 5.41) is 4.76. The first-order valence-corrected chi connectivity index (χ1v) is 22.6. The molecule has 14 rings (SSSR count). The van der Waals surface area contributed by atoms with E-state index in [1.807, 2.05) is 60.9 Å². The van der Waals surface area contributed by atoms with Gasteiger partial charge in [-0.2, -0.15) is 0 Å². The summed E-state index contributed by atoms with van der Waals surface area (Å²) in [5.74, 6) is 1.14. The van der Waals surface area contributed by atoms with E-state index in [9.17, 15) is 0 Å². The lowest BCUT2D eigenvalue weighted by atomic mass is 10.0. The highest BCUT2D eigenvalue weighted by atomic mass is 16.4. The molecule has 0 amide bonds. The van der Waals surface area contributed by atoms with Crippen molar-refractivity contribution in [1.29, 1.82) is 0 Å². The summed E-state index contributed by atoms with van der Waals surface area (Å²) in [5.41, 5.74) is 17.6. The number of aromatic nitrogens is 6. The molecule has 0 spiro atoms. The Labute approximate surface area is 388 Å². The van der Waals surface area contributed by atoms with Gasteiger partial charge in [0.25, 0.3) is 0 Å². The molecule has 318 valence electrons. The van der Waals surface area contributed by atoms with E-state index < -0.39 is 0 Å². The van der Waals surface area contributed by atoms with Crippen LogP contribution in [0.25, 0.3) is 134 Å². The summed E-state index contributed by atoms with van der Waals surface area (Å²) in [4.78, 5) is 19.1. The second-order valence-corrected chi connectivity index (χ2v) is 17.1. The Kier molecular flexibility index (Phi) is 8.41. The van der Waals surface area contributed by atoms with E-state index in [0.717, 1.165) is 100 Å². The highest BCUT2D eigenvalue weighted by Gasteiger charge is 2.18. The van der Waals surface area contributed by atoms with Gasteiger partial charge in [0.05, 0.1) is 33.5 Å². The zero-order valence-electron chi connectivity index (χ0n) is 36.3. The van der Waals surface area contributed by atoms with Gasteiger partial charge in [-0.1, -0.05) is 72.8 Å². The molecule has 0 radical (unpaired) electrons. The molecule has 8 aromatic carbocycles. The largest absolute Gasteiger partial charge is 0.436 e. The van der Waals surface area contributed by atoms with Crippen molar-refractivity contribution in [2.45, 2.75) is 0 Å². The first kappa shape index (κ1) is 37.9. The monoisotopic (exact) mass is 872 g/mol. The molecule has 0 N–H and O–H groups in total. The van der Waals surface area contributed by atoms with Crippen molar-refractivity contribution in [1.82, 2.24) is 29.1 Å². The van der Waals surface area contributed by atoms with E-state index in [-0.39, 0.29) is 0 Å². The van der Waals surface area contributed by atoms with E-state index in [1.54, 1.807) is 0 Å². The van der Waals surface area contributed by atoms with Gasteiger partial charge in [-0.3, -0.25) is 9.97 Å². The van der Waals surface area contributed by atoms with E-state index >= 15 is 0 Å². The van der Waals surface area contributed by atoms with Crippen molar-refractivity contribution in [3.63, 3.8) is 0 Å². The first-order valence-electron chi connectivity index (χ1n) is 22.6.